The van der Waals surface area contributed by atoms with Crippen molar-refractivity contribution in [2.24, 2.45) is 5.11 Å². The van der Waals surface area contributed by atoms with Gasteiger partial charge in [0.25, 0.3) is 0 Å². The van der Waals surface area contributed by atoms with Crippen molar-refractivity contribution in [3.63, 3.8) is 0 Å². The summed E-state index contributed by atoms with van der Waals surface area (Å²) in [5, 5.41) is 13.0. The highest BCUT2D eigenvalue weighted by Gasteiger charge is 2.03. The predicted octanol–water partition coefficient (Wildman–Crippen LogP) is 4.24. The van der Waals surface area contributed by atoms with Gasteiger partial charge < -0.3 is 5.11 Å². The molecule has 0 unspecified atom stereocenters. The van der Waals surface area contributed by atoms with Crippen LogP contribution in [-0.4, -0.2) is 11.7 Å². The van der Waals surface area contributed by atoms with E-state index < -0.39 is 0 Å². The van der Waals surface area contributed by atoms with E-state index in [1.165, 1.54) is 0 Å². The summed E-state index contributed by atoms with van der Waals surface area (Å²) in [4.78, 5) is 2.62. The van der Waals surface area contributed by atoms with Crippen molar-refractivity contribution in [3.8, 4) is 5.75 Å². The zero-order chi connectivity index (χ0) is 11.3. The number of halogens is 2. The molecular weight excluding hydrogens is 326 g/mol. The van der Waals surface area contributed by atoms with Gasteiger partial charge in [-0.05, 0) is 33.6 Å². The fraction of sp³-hybridized carbons (Fsp3) is 0.111. The molecule has 0 aliphatic rings. The molecule has 6 heteroatoms. The van der Waals surface area contributed by atoms with E-state index in [1.54, 1.807) is 24.3 Å². The third kappa shape index (κ3) is 3.58. The third-order valence-corrected chi connectivity index (χ3v) is 2.67. The number of azide groups is 1. The lowest BCUT2D eigenvalue weighted by atomic mass is 10.2. The Morgan fingerprint density at radius 1 is 1.47 bits per heavy atom. The minimum Gasteiger partial charge on any atom is -0.506 e. The van der Waals surface area contributed by atoms with Crippen molar-refractivity contribution in [3.05, 3.63) is 43.2 Å². The van der Waals surface area contributed by atoms with E-state index >= 15 is 0 Å². The predicted molar refractivity (Wildman–Crippen MR) is 66.6 cm³/mol. The molecule has 0 spiro atoms. The third-order valence-electron chi connectivity index (χ3n) is 1.61. The van der Waals surface area contributed by atoms with Gasteiger partial charge in [0.1, 0.15) is 5.75 Å². The van der Waals surface area contributed by atoms with Gasteiger partial charge >= 0.3 is 0 Å². The first-order valence-corrected chi connectivity index (χ1v) is 5.59. The summed E-state index contributed by atoms with van der Waals surface area (Å²) in [6.07, 6.45) is 3.37. The first-order valence-electron chi connectivity index (χ1n) is 4.00. The van der Waals surface area contributed by atoms with Crippen molar-refractivity contribution >= 4 is 37.9 Å². The first-order chi connectivity index (χ1) is 7.15. The summed E-state index contributed by atoms with van der Waals surface area (Å²) in [7, 11) is 0. The highest BCUT2D eigenvalue weighted by atomic mass is 79.9. The molecule has 0 radical (unpaired) electrons. The number of rotatable bonds is 3. The second-order valence-corrected chi connectivity index (χ2v) is 4.41. The van der Waals surface area contributed by atoms with Gasteiger partial charge in [-0.1, -0.05) is 33.2 Å². The highest BCUT2D eigenvalue weighted by Crippen LogP contribution is 2.32. The lowest BCUT2D eigenvalue weighted by Gasteiger charge is -2.02. The van der Waals surface area contributed by atoms with Gasteiger partial charge in [0.15, 0.2) is 0 Å². The Morgan fingerprint density at radius 2 is 2.20 bits per heavy atom. The molecule has 0 saturated heterocycles. The standard InChI is InChI=1S/C9H7Br2N3O/c10-7-4-6(2-1-3-13-14-12)9(15)8(11)5-7/h1-2,4-5,15H,3H2. The van der Waals surface area contributed by atoms with Gasteiger partial charge in [0.05, 0.1) is 4.47 Å². The van der Waals surface area contributed by atoms with Crippen molar-refractivity contribution in [2.75, 3.05) is 6.54 Å². The topological polar surface area (TPSA) is 69.0 Å². The van der Waals surface area contributed by atoms with Gasteiger partial charge in [-0.15, -0.1) is 0 Å². The van der Waals surface area contributed by atoms with Crippen LogP contribution in [0.5, 0.6) is 5.75 Å². The van der Waals surface area contributed by atoms with E-state index in [0.717, 1.165) is 4.47 Å². The summed E-state index contributed by atoms with van der Waals surface area (Å²) in [5.74, 6) is 0.162. The molecule has 0 saturated carbocycles. The molecule has 0 fully saturated rings. The first kappa shape index (κ1) is 12.1. The molecule has 78 valence electrons. The molecule has 0 bridgehead atoms. The molecule has 4 nitrogen and oxygen atoms in total. The molecule has 1 N–H and O–H groups in total. The Balaban J connectivity index is 2.94. The molecule has 0 aromatic heterocycles. The maximum Gasteiger partial charge on any atom is 0.137 e. The Labute approximate surface area is 103 Å². The number of benzene rings is 1. The van der Waals surface area contributed by atoms with Crippen LogP contribution in [0.2, 0.25) is 0 Å². The average Bonchev–Trinajstić information content (AvgIpc) is 2.19. The van der Waals surface area contributed by atoms with Crippen molar-refractivity contribution in [2.45, 2.75) is 0 Å². The maximum atomic E-state index is 9.66. The van der Waals surface area contributed by atoms with Crippen LogP contribution in [0.1, 0.15) is 5.56 Å². The smallest absolute Gasteiger partial charge is 0.137 e. The van der Waals surface area contributed by atoms with E-state index in [-0.39, 0.29) is 12.3 Å². The van der Waals surface area contributed by atoms with Crippen LogP contribution in [-0.2, 0) is 0 Å². The molecule has 0 aliphatic heterocycles. The minimum atomic E-state index is 0.162. The Morgan fingerprint density at radius 3 is 2.87 bits per heavy atom. The van der Waals surface area contributed by atoms with E-state index in [4.69, 9.17) is 5.53 Å². The van der Waals surface area contributed by atoms with Crippen LogP contribution in [0.4, 0.5) is 0 Å². The molecule has 1 aromatic carbocycles. The molecule has 15 heavy (non-hydrogen) atoms. The summed E-state index contributed by atoms with van der Waals surface area (Å²) < 4.78 is 1.47. The second-order valence-electron chi connectivity index (χ2n) is 2.64. The number of nitrogens with zero attached hydrogens (tertiary/aromatic N) is 3. The minimum absolute atomic E-state index is 0.162. The largest absolute Gasteiger partial charge is 0.506 e. The lowest BCUT2D eigenvalue weighted by Crippen LogP contribution is -1.78. The number of phenols is 1. The van der Waals surface area contributed by atoms with Gasteiger partial charge in [-0.3, -0.25) is 0 Å². The lowest BCUT2D eigenvalue weighted by molar-refractivity contribution is 0.470. The molecular formula is C9H7Br2N3O. The number of hydrogen-bond donors (Lipinski definition) is 1. The molecule has 0 atom stereocenters. The Hall–Kier alpha value is -0.970. The summed E-state index contributed by atoms with van der Waals surface area (Å²) in [6.45, 7) is 0.264. The molecule has 1 aromatic rings. The van der Waals surface area contributed by atoms with E-state index in [0.29, 0.717) is 10.0 Å². The fourth-order valence-electron chi connectivity index (χ4n) is 0.976. The van der Waals surface area contributed by atoms with Crippen molar-refractivity contribution in [1.29, 1.82) is 0 Å². The molecule has 1 rings (SSSR count). The number of phenolic OH excluding ortho intramolecular Hbond substituents is 1. The number of hydrogen-bond acceptors (Lipinski definition) is 2. The monoisotopic (exact) mass is 331 g/mol. The van der Waals surface area contributed by atoms with Crippen molar-refractivity contribution in [1.82, 2.24) is 0 Å². The van der Waals surface area contributed by atoms with Crippen LogP contribution >= 0.6 is 31.9 Å². The normalized spacial score (nSPS) is 10.3. The van der Waals surface area contributed by atoms with Gasteiger partial charge in [0, 0.05) is 21.5 Å². The Bertz CT molecular complexity index is 439. The van der Waals surface area contributed by atoms with E-state index in [2.05, 4.69) is 41.9 Å². The van der Waals surface area contributed by atoms with E-state index in [9.17, 15) is 5.11 Å². The summed E-state index contributed by atoms with van der Waals surface area (Å²) in [6, 6.07) is 3.52. The van der Waals surface area contributed by atoms with Crippen LogP contribution in [0, 0.1) is 0 Å². The maximum absolute atomic E-state index is 9.66. The van der Waals surface area contributed by atoms with Crippen LogP contribution < -0.4 is 0 Å². The molecule has 0 heterocycles. The quantitative estimate of drug-likeness (QED) is 0.502. The van der Waals surface area contributed by atoms with Gasteiger partial charge in [-0.25, -0.2) is 0 Å². The van der Waals surface area contributed by atoms with E-state index in [1.807, 2.05) is 0 Å². The summed E-state index contributed by atoms with van der Waals surface area (Å²) in [5.41, 5.74) is 8.72. The Kier molecular flexibility index (Phi) is 4.68. The molecule has 0 amide bonds. The van der Waals surface area contributed by atoms with Crippen LogP contribution in [0.15, 0.2) is 32.3 Å². The van der Waals surface area contributed by atoms with Crippen LogP contribution in [0.3, 0.4) is 0 Å². The van der Waals surface area contributed by atoms with Gasteiger partial charge in [-0.2, -0.15) is 0 Å². The summed E-state index contributed by atoms with van der Waals surface area (Å²) >= 11 is 6.54. The van der Waals surface area contributed by atoms with Crippen molar-refractivity contribution < 1.29 is 5.11 Å². The van der Waals surface area contributed by atoms with Gasteiger partial charge in [0.2, 0.25) is 0 Å². The fourth-order valence-corrected chi connectivity index (χ4v) is 2.23. The average molecular weight is 333 g/mol. The highest BCUT2D eigenvalue weighted by molar-refractivity contribution is 9.11. The zero-order valence-electron chi connectivity index (χ0n) is 7.56. The second kappa shape index (κ2) is 5.80. The number of aromatic hydroxyl groups is 1. The SMILES string of the molecule is [N-]=[N+]=NCC=Cc1cc(Br)cc(Br)c1O. The van der Waals surface area contributed by atoms with Crippen LogP contribution in [0.25, 0.3) is 16.5 Å². The zero-order valence-corrected chi connectivity index (χ0v) is 10.7. The molecule has 0 aliphatic carbocycles.